The first kappa shape index (κ1) is 10.2. The van der Waals surface area contributed by atoms with Crippen molar-refractivity contribution in [3.05, 3.63) is 16.5 Å². The van der Waals surface area contributed by atoms with Gasteiger partial charge in [0.15, 0.2) is 6.29 Å². The summed E-state index contributed by atoms with van der Waals surface area (Å²) in [5, 5.41) is 13.1. The molecule has 0 unspecified atom stereocenters. The number of aldehydes is 1. The molecule has 1 fully saturated rings. The number of hydrogen-bond acceptors (Lipinski definition) is 4. The van der Waals surface area contributed by atoms with Crippen LogP contribution in [0.15, 0.2) is 6.07 Å². The summed E-state index contributed by atoms with van der Waals surface area (Å²) in [4.78, 5) is 11.2. The third-order valence-electron chi connectivity index (χ3n) is 2.68. The summed E-state index contributed by atoms with van der Waals surface area (Å²) >= 11 is 1.37. The van der Waals surface area contributed by atoms with Gasteiger partial charge < -0.3 is 5.32 Å². The Morgan fingerprint density at radius 3 is 2.87 bits per heavy atom. The molecule has 1 saturated carbocycles. The first-order valence-corrected chi connectivity index (χ1v) is 5.91. The van der Waals surface area contributed by atoms with Gasteiger partial charge in [0.2, 0.25) is 0 Å². The van der Waals surface area contributed by atoms with E-state index in [1.807, 2.05) is 0 Å². The summed E-state index contributed by atoms with van der Waals surface area (Å²) in [6, 6.07) is 4.24. The van der Waals surface area contributed by atoms with Crippen molar-refractivity contribution in [2.75, 3.05) is 5.32 Å². The molecular formula is C11H12N2OS. The van der Waals surface area contributed by atoms with E-state index in [0.717, 1.165) is 11.3 Å². The molecule has 0 atom stereocenters. The van der Waals surface area contributed by atoms with Crippen molar-refractivity contribution in [1.82, 2.24) is 0 Å². The molecule has 0 amide bonds. The molecule has 78 valence electrons. The predicted molar refractivity (Wildman–Crippen MR) is 60.3 cm³/mol. The monoisotopic (exact) mass is 220 g/mol. The van der Waals surface area contributed by atoms with Crippen LogP contribution in [0, 0.1) is 11.3 Å². The zero-order valence-electron chi connectivity index (χ0n) is 8.32. The maximum absolute atomic E-state index is 10.6. The van der Waals surface area contributed by atoms with Crippen molar-refractivity contribution in [3.63, 3.8) is 0 Å². The molecule has 0 saturated heterocycles. The lowest BCUT2D eigenvalue weighted by Gasteiger charge is -2.11. The fraction of sp³-hybridized carbons (Fsp3) is 0.455. The van der Waals surface area contributed by atoms with E-state index in [0.29, 0.717) is 16.5 Å². The van der Waals surface area contributed by atoms with Crippen molar-refractivity contribution in [2.45, 2.75) is 31.7 Å². The first-order valence-electron chi connectivity index (χ1n) is 5.09. The molecule has 1 heterocycles. The average molecular weight is 220 g/mol. The summed E-state index contributed by atoms with van der Waals surface area (Å²) in [6.07, 6.45) is 5.64. The number of nitriles is 1. The molecule has 1 aromatic heterocycles. The Bertz CT molecular complexity index is 399. The van der Waals surface area contributed by atoms with E-state index in [1.54, 1.807) is 6.07 Å². The van der Waals surface area contributed by atoms with Gasteiger partial charge in [0.05, 0.1) is 10.4 Å². The Kier molecular flexibility index (Phi) is 3.02. The fourth-order valence-corrected chi connectivity index (χ4v) is 2.81. The smallest absolute Gasteiger partial charge is 0.160 e. The highest BCUT2D eigenvalue weighted by molar-refractivity contribution is 7.17. The Hall–Kier alpha value is -1.34. The predicted octanol–water partition coefficient (Wildman–Crippen LogP) is 2.79. The summed E-state index contributed by atoms with van der Waals surface area (Å²) in [6.45, 7) is 0. The van der Waals surface area contributed by atoms with Crippen LogP contribution in [0.2, 0.25) is 0 Å². The van der Waals surface area contributed by atoms with Gasteiger partial charge in [0.1, 0.15) is 11.1 Å². The van der Waals surface area contributed by atoms with Gasteiger partial charge in [-0.15, -0.1) is 11.3 Å². The maximum atomic E-state index is 10.6. The highest BCUT2D eigenvalue weighted by Gasteiger charge is 2.17. The largest absolute Gasteiger partial charge is 0.373 e. The number of nitrogens with one attached hydrogen (secondary N) is 1. The second kappa shape index (κ2) is 4.45. The molecule has 2 rings (SSSR count). The molecule has 1 aliphatic carbocycles. The Labute approximate surface area is 92.7 Å². The van der Waals surface area contributed by atoms with E-state index in [9.17, 15) is 4.79 Å². The van der Waals surface area contributed by atoms with Gasteiger partial charge in [-0.2, -0.15) is 5.26 Å². The molecule has 0 spiro atoms. The third-order valence-corrected chi connectivity index (χ3v) is 3.67. The summed E-state index contributed by atoms with van der Waals surface area (Å²) < 4.78 is 0. The van der Waals surface area contributed by atoms with Crippen molar-refractivity contribution in [2.24, 2.45) is 0 Å². The molecule has 3 nitrogen and oxygen atoms in total. The van der Waals surface area contributed by atoms with Crippen LogP contribution in [0.25, 0.3) is 0 Å². The molecule has 0 aliphatic heterocycles. The number of carbonyl (C=O) groups is 1. The van der Waals surface area contributed by atoms with Crippen molar-refractivity contribution >= 4 is 22.6 Å². The normalized spacial score (nSPS) is 16.2. The fourth-order valence-electron chi connectivity index (χ4n) is 1.91. The zero-order valence-corrected chi connectivity index (χ0v) is 9.14. The Morgan fingerprint density at radius 1 is 1.53 bits per heavy atom. The molecular weight excluding hydrogens is 208 g/mol. The molecule has 1 aliphatic rings. The lowest BCUT2D eigenvalue weighted by atomic mass is 10.2. The number of hydrogen-bond donors (Lipinski definition) is 1. The van der Waals surface area contributed by atoms with Crippen LogP contribution in [0.4, 0.5) is 5.00 Å². The minimum Gasteiger partial charge on any atom is -0.373 e. The SMILES string of the molecule is N#Cc1cc(C=O)sc1NC1CCCC1. The molecule has 0 radical (unpaired) electrons. The zero-order chi connectivity index (χ0) is 10.7. The number of carbonyl (C=O) groups excluding carboxylic acids is 1. The minimum atomic E-state index is 0.482. The number of rotatable bonds is 3. The van der Waals surface area contributed by atoms with Crippen LogP contribution >= 0.6 is 11.3 Å². The van der Waals surface area contributed by atoms with Crippen molar-refractivity contribution in [1.29, 1.82) is 5.26 Å². The van der Waals surface area contributed by atoms with Crippen LogP contribution in [-0.2, 0) is 0 Å². The highest BCUT2D eigenvalue weighted by atomic mass is 32.1. The molecule has 0 bridgehead atoms. The van der Waals surface area contributed by atoms with Crippen molar-refractivity contribution < 1.29 is 4.79 Å². The van der Waals surface area contributed by atoms with E-state index in [1.165, 1.54) is 37.0 Å². The van der Waals surface area contributed by atoms with Crippen LogP contribution in [0.1, 0.15) is 40.9 Å². The van der Waals surface area contributed by atoms with E-state index in [2.05, 4.69) is 11.4 Å². The molecule has 0 aromatic carbocycles. The van der Waals surface area contributed by atoms with Crippen LogP contribution in [0.5, 0.6) is 0 Å². The van der Waals surface area contributed by atoms with Gasteiger partial charge >= 0.3 is 0 Å². The molecule has 15 heavy (non-hydrogen) atoms. The van der Waals surface area contributed by atoms with E-state index in [4.69, 9.17) is 5.26 Å². The Balaban J connectivity index is 2.15. The Morgan fingerprint density at radius 2 is 2.27 bits per heavy atom. The first-order chi connectivity index (χ1) is 7.33. The average Bonchev–Trinajstić information content (AvgIpc) is 2.87. The molecule has 4 heteroatoms. The van der Waals surface area contributed by atoms with Crippen LogP contribution in [-0.4, -0.2) is 12.3 Å². The van der Waals surface area contributed by atoms with Gasteiger partial charge in [-0.25, -0.2) is 0 Å². The lowest BCUT2D eigenvalue weighted by molar-refractivity contribution is 0.112. The summed E-state index contributed by atoms with van der Waals surface area (Å²) in [7, 11) is 0. The van der Waals surface area contributed by atoms with Gasteiger partial charge in [-0.3, -0.25) is 4.79 Å². The van der Waals surface area contributed by atoms with Crippen LogP contribution < -0.4 is 5.32 Å². The quantitative estimate of drug-likeness (QED) is 0.797. The number of nitrogens with zero attached hydrogens (tertiary/aromatic N) is 1. The second-order valence-electron chi connectivity index (χ2n) is 3.75. The van der Waals surface area contributed by atoms with Gasteiger partial charge in [0, 0.05) is 6.04 Å². The van der Waals surface area contributed by atoms with E-state index >= 15 is 0 Å². The summed E-state index contributed by atoms with van der Waals surface area (Å²) in [5.74, 6) is 0. The third kappa shape index (κ3) is 2.18. The van der Waals surface area contributed by atoms with Gasteiger partial charge in [-0.1, -0.05) is 12.8 Å². The van der Waals surface area contributed by atoms with Crippen molar-refractivity contribution in [3.8, 4) is 6.07 Å². The standard InChI is InChI=1S/C11H12N2OS/c12-6-8-5-10(7-14)15-11(8)13-9-3-1-2-4-9/h5,7,9,13H,1-4H2. The maximum Gasteiger partial charge on any atom is 0.160 e. The second-order valence-corrected chi connectivity index (χ2v) is 4.83. The van der Waals surface area contributed by atoms with Gasteiger partial charge in [-0.05, 0) is 18.9 Å². The topological polar surface area (TPSA) is 52.9 Å². The minimum absolute atomic E-state index is 0.482. The lowest BCUT2D eigenvalue weighted by Crippen LogP contribution is -2.13. The number of anilines is 1. The number of thiophene rings is 1. The summed E-state index contributed by atoms with van der Waals surface area (Å²) in [5.41, 5.74) is 0.592. The van der Waals surface area contributed by atoms with E-state index < -0.39 is 0 Å². The van der Waals surface area contributed by atoms with Crippen LogP contribution in [0.3, 0.4) is 0 Å². The van der Waals surface area contributed by atoms with Gasteiger partial charge in [0.25, 0.3) is 0 Å². The van der Waals surface area contributed by atoms with E-state index in [-0.39, 0.29) is 0 Å². The molecule has 1 aromatic rings. The highest BCUT2D eigenvalue weighted by Crippen LogP contribution is 2.30. The molecule has 1 N–H and O–H groups in total.